The summed E-state index contributed by atoms with van der Waals surface area (Å²) < 4.78 is 0. The van der Waals surface area contributed by atoms with Gasteiger partial charge in [-0.3, -0.25) is 0 Å². The standard InChI is InChI=1S/C14H21ClO/c1-2-3-4-5-6-7-9-12-13(15)10-8-11-14(12)16/h8,10-11,16H,2-7,9H2,1H3. The van der Waals surface area contributed by atoms with E-state index in [1.807, 2.05) is 6.07 Å². The van der Waals surface area contributed by atoms with Crippen LogP contribution in [0.1, 0.15) is 51.0 Å². The molecule has 0 spiro atoms. The first-order valence-corrected chi connectivity index (χ1v) is 6.60. The van der Waals surface area contributed by atoms with Crippen LogP contribution in [0.5, 0.6) is 5.75 Å². The normalized spacial score (nSPS) is 10.6. The maximum Gasteiger partial charge on any atom is 0.120 e. The van der Waals surface area contributed by atoms with Crippen LogP contribution in [0.4, 0.5) is 0 Å². The first-order valence-electron chi connectivity index (χ1n) is 6.22. The van der Waals surface area contributed by atoms with Gasteiger partial charge in [-0.05, 0) is 25.0 Å². The molecule has 90 valence electrons. The second-order valence-electron chi connectivity index (χ2n) is 4.26. The van der Waals surface area contributed by atoms with Crippen LogP contribution < -0.4 is 0 Å². The van der Waals surface area contributed by atoms with Crippen LogP contribution >= 0.6 is 11.6 Å². The Bertz CT molecular complexity index is 289. The van der Waals surface area contributed by atoms with Crippen LogP contribution in [-0.4, -0.2) is 5.11 Å². The van der Waals surface area contributed by atoms with E-state index in [9.17, 15) is 5.11 Å². The smallest absolute Gasteiger partial charge is 0.120 e. The molecule has 16 heavy (non-hydrogen) atoms. The molecule has 0 fully saturated rings. The molecule has 0 amide bonds. The van der Waals surface area contributed by atoms with E-state index < -0.39 is 0 Å². The lowest BCUT2D eigenvalue weighted by atomic mass is 10.0. The van der Waals surface area contributed by atoms with Crippen molar-refractivity contribution in [2.75, 3.05) is 0 Å². The van der Waals surface area contributed by atoms with Crippen molar-refractivity contribution in [3.05, 3.63) is 28.8 Å². The van der Waals surface area contributed by atoms with Crippen molar-refractivity contribution in [3.63, 3.8) is 0 Å². The minimum Gasteiger partial charge on any atom is -0.508 e. The van der Waals surface area contributed by atoms with Crippen LogP contribution in [0.15, 0.2) is 18.2 Å². The summed E-state index contributed by atoms with van der Waals surface area (Å²) in [4.78, 5) is 0. The van der Waals surface area contributed by atoms with Gasteiger partial charge in [0, 0.05) is 10.6 Å². The Morgan fingerprint density at radius 1 is 1.06 bits per heavy atom. The summed E-state index contributed by atoms with van der Waals surface area (Å²) >= 11 is 6.03. The lowest BCUT2D eigenvalue weighted by molar-refractivity contribution is 0.466. The predicted octanol–water partition coefficient (Wildman–Crippen LogP) is 4.95. The molecule has 1 N–H and O–H groups in total. The average Bonchev–Trinajstić information content (AvgIpc) is 2.26. The third kappa shape index (κ3) is 4.44. The van der Waals surface area contributed by atoms with Gasteiger partial charge in [0.15, 0.2) is 0 Å². The fraction of sp³-hybridized carbons (Fsp3) is 0.571. The monoisotopic (exact) mass is 240 g/mol. The van der Waals surface area contributed by atoms with Gasteiger partial charge in [0.1, 0.15) is 5.75 Å². The molecule has 2 heteroatoms. The number of phenols is 1. The summed E-state index contributed by atoms with van der Waals surface area (Å²) in [5.74, 6) is 0.334. The molecule has 1 aromatic rings. The number of aromatic hydroxyl groups is 1. The first kappa shape index (κ1) is 13.4. The molecule has 1 rings (SSSR count). The molecule has 1 nitrogen and oxygen atoms in total. The van der Waals surface area contributed by atoms with Crippen LogP contribution in [0.2, 0.25) is 5.02 Å². The van der Waals surface area contributed by atoms with Crippen LogP contribution in [0.25, 0.3) is 0 Å². The van der Waals surface area contributed by atoms with Gasteiger partial charge in [-0.2, -0.15) is 0 Å². The van der Waals surface area contributed by atoms with E-state index in [2.05, 4.69) is 6.92 Å². The quantitative estimate of drug-likeness (QED) is 0.669. The number of phenolic OH excluding ortho intramolecular Hbond substituents is 1. The van der Waals surface area contributed by atoms with Crippen molar-refractivity contribution in [1.29, 1.82) is 0 Å². The Hall–Kier alpha value is -0.690. The van der Waals surface area contributed by atoms with Crippen LogP contribution in [0, 0.1) is 0 Å². The first-order chi connectivity index (χ1) is 7.75. The fourth-order valence-corrected chi connectivity index (χ4v) is 2.14. The maximum atomic E-state index is 9.65. The highest BCUT2D eigenvalue weighted by Crippen LogP contribution is 2.27. The summed E-state index contributed by atoms with van der Waals surface area (Å²) in [6, 6.07) is 5.33. The molecule has 1 aromatic carbocycles. The van der Waals surface area contributed by atoms with Gasteiger partial charge in [-0.15, -0.1) is 0 Å². The van der Waals surface area contributed by atoms with Gasteiger partial charge in [-0.25, -0.2) is 0 Å². The number of halogens is 1. The Kier molecular flexibility index (Phi) is 6.32. The predicted molar refractivity (Wildman–Crippen MR) is 70.2 cm³/mol. The van der Waals surface area contributed by atoms with Gasteiger partial charge >= 0.3 is 0 Å². The van der Waals surface area contributed by atoms with Crippen molar-refractivity contribution < 1.29 is 5.11 Å². The molecular formula is C14H21ClO. The van der Waals surface area contributed by atoms with Gasteiger partial charge < -0.3 is 5.11 Å². The highest BCUT2D eigenvalue weighted by atomic mass is 35.5. The third-order valence-corrected chi connectivity index (χ3v) is 3.23. The van der Waals surface area contributed by atoms with E-state index in [1.54, 1.807) is 12.1 Å². The zero-order chi connectivity index (χ0) is 11.8. The Morgan fingerprint density at radius 3 is 2.44 bits per heavy atom. The highest BCUT2D eigenvalue weighted by molar-refractivity contribution is 6.31. The second-order valence-corrected chi connectivity index (χ2v) is 4.66. The molecule has 0 aliphatic heterocycles. The summed E-state index contributed by atoms with van der Waals surface area (Å²) in [5, 5.41) is 10.3. The Balaban J connectivity index is 2.26. The third-order valence-electron chi connectivity index (χ3n) is 2.87. The molecule has 0 atom stereocenters. The molecule has 0 unspecified atom stereocenters. The number of benzene rings is 1. The average molecular weight is 241 g/mol. The highest BCUT2D eigenvalue weighted by Gasteiger charge is 2.04. The molecule has 0 aromatic heterocycles. The van der Waals surface area contributed by atoms with E-state index >= 15 is 0 Å². The van der Waals surface area contributed by atoms with E-state index in [-0.39, 0.29) is 0 Å². The van der Waals surface area contributed by atoms with Crippen molar-refractivity contribution in [1.82, 2.24) is 0 Å². The van der Waals surface area contributed by atoms with Crippen molar-refractivity contribution in [2.24, 2.45) is 0 Å². The molecule has 0 aliphatic rings. The van der Waals surface area contributed by atoms with Gasteiger partial charge in [0.2, 0.25) is 0 Å². The zero-order valence-electron chi connectivity index (χ0n) is 10.0. The largest absolute Gasteiger partial charge is 0.508 e. The number of hydrogen-bond acceptors (Lipinski definition) is 1. The molecule has 0 bridgehead atoms. The van der Waals surface area contributed by atoms with Crippen LogP contribution in [0.3, 0.4) is 0 Å². The minimum absolute atomic E-state index is 0.334. The fourth-order valence-electron chi connectivity index (χ4n) is 1.88. The van der Waals surface area contributed by atoms with Gasteiger partial charge in [0.05, 0.1) is 0 Å². The van der Waals surface area contributed by atoms with E-state index in [0.717, 1.165) is 18.4 Å². The SMILES string of the molecule is CCCCCCCCc1c(O)cccc1Cl. The van der Waals surface area contributed by atoms with Crippen LogP contribution in [-0.2, 0) is 6.42 Å². The van der Waals surface area contributed by atoms with Crippen molar-refractivity contribution >= 4 is 11.6 Å². The number of hydrogen-bond donors (Lipinski definition) is 1. The van der Waals surface area contributed by atoms with Crippen molar-refractivity contribution in [2.45, 2.75) is 51.9 Å². The molecular weight excluding hydrogens is 220 g/mol. The Labute approximate surface area is 103 Å². The van der Waals surface area contributed by atoms with Crippen molar-refractivity contribution in [3.8, 4) is 5.75 Å². The number of rotatable bonds is 7. The maximum absolute atomic E-state index is 9.65. The van der Waals surface area contributed by atoms with E-state index in [4.69, 9.17) is 11.6 Å². The lowest BCUT2D eigenvalue weighted by Gasteiger charge is -2.06. The zero-order valence-corrected chi connectivity index (χ0v) is 10.8. The summed E-state index contributed by atoms with van der Waals surface area (Å²) in [5.41, 5.74) is 0.902. The minimum atomic E-state index is 0.334. The lowest BCUT2D eigenvalue weighted by Crippen LogP contribution is -1.88. The molecule has 0 saturated heterocycles. The topological polar surface area (TPSA) is 20.2 Å². The van der Waals surface area contributed by atoms with E-state index in [0.29, 0.717) is 10.8 Å². The second kappa shape index (κ2) is 7.56. The van der Waals surface area contributed by atoms with Gasteiger partial charge in [0.25, 0.3) is 0 Å². The summed E-state index contributed by atoms with van der Waals surface area (Å²) in [6.45, 7) is 2.22. The molecule has 0 saturated carbocycles. The summed E-state index contributed by atoms with van der Waals surface area (Å²) in [6.07, 6.45) is 8.45. The van der Waals surface area contributed by atoms with E-state index in [1.165, 1.54) is 32.1 Å². The van der Waals surface area contributed by atoms with Gasteiger partial charge in [-0.1, -0.05) is 56.7 Å². The summed E-state index contributed by atoms with van der Waals surface area (Å²) in [7, 11) is 0. The molecule has 0 radical (unpaired) electrons. The number of unbranched alkanes of at least 4 members (excludes halogenated alkanes) is 5. The molecule has 0 aliphatic carbocycles. The Morgan fingerprint density at radius 2 is 1.75 bits per heavy atom. The molecule has 0 heterocycles.